The van der Waals surface area contributed by atoms with E-state index in [-0.39, 0.29) is 11.8 Å². The van der Waals surface area contributed by atoms with Crippen LogP contribution in [0.25, 0.3) is 10.9 Å². The van der Waals surface area contributed by atoms with Crippen molar-refractivity contribution in [1.82, 2.24) is 15.2 Å². The Labute approximate surface area is 134 Å². The van der Waals surface area contributed by atoms with Gasteiger partial charge in [-0.05, 0) is 12.1 Å². The van der Waals surface area contributed by atoms with Gasteiger partial charge in [-0.3, -0.25) is 9.59 Å². The van der Waals surface area contributed by atoms with Crippen molar-refractivity contribution in [2.45, 2.75) is 6.42 Å². The van der Waals surface area contributed by atoms with Gasteiger partial charge in [-0.1, -0.05) is 24.3 Å². The molecule has 3 rings (SSSR count). The second kappa shape index (κ2) is 7.19. The van der Waals surface area contributed by atoms with Gasteiger partial charge < -0.3 is 15.0 Å². The average molecular weight is 313 g/mol. The van der Waals surface area contributed by atoms with Gasteiger partial charge >= 0.3 is 0 Å². The second-order valence-electron chi connectivity index (χ2n) is 5.39. The molecule has 0 aliphatic carbocycles. The topological polar surface area (TPSA) is 71.5 Å². The molecule has 0 unspecified atom stereocenters. The van der Waals surface area contributed by atoms with Gasteiger partial charge in [0.05, 0.1) is 18.7 Å². The smallest absolute Gasteiger partial charge is 0.272 e. The van der Waals surface area contributed by atoms with Gasteiger partial charge in [0.2, 0.25) is 5.91 Å². The van der Waals surface area contributed by atoms with Gasteiger partial charge in [0.25, 0.3) is 5.91 Å². The summed E-state index contributed by atoms with van der Waals surface area (Å²) in [7, 11) is 0. The molecule has 23 heavy (non-hydrogen) atoms. The van der Waals surface area contributed by atoms with Crippen molar-refractivity contribution in [3.05, 3.63) is 42.1 Å². The molecule has 2 amide bonds. The predicted molar refractivity (Wildman–Crippen MR) is 86.1 cm³/mol. The van der Waals surface area contributed by atoms with E-state index in [0.29, 0.717) is 45.0 Å². The minimum absolute atomic E-state index is 0.0697. The Morgan fingerprint density at radius 3 is 2.91 bits per heavy atom. The van der Waals surface area contributed by atoms with Crippen LogP contribution in [0, 0.1) is 0 Å². The van der Waals surface area contributed by atoms with Crippen molar-refractivity contribution >= 4 is 22.7 Å². The number of nitrogens with zero attached hydrogens (tertiary/aromatic N) is 2. The number of benzene rings is 1. The highest BCUT2D eigenvalue weighted by atomic mass is 16.5. The number of fused-ring (bicyclic) bond motifs is 1. The van der Waals surface area contributed by atoms with Gasteiger partial charge in [-0.25, -0.2) is 4.98 Å². The minimum atomic E-state index is -0.173. The molecule has 6 nitrogen and oxygen atoms in total. The van der Waals surface area contributed by atoms with Gasteiger partial charge in [-0.15, -0.1) is 0 Å². The van der Waals surface area contributed by atoms with Crippen molar-refractivity contribution in [1.29, 1.82) is 0 Å². The minimum Gasteiger partial charge on any atom is -0.378 e. The molecule has 0 radical (unpaired) electrons. The summed E-state index contributed by atoms with van der Waals surface area (Å²) in [6, 6.07) is 11.3. The Bertz CT molecular complexity index is 717. The number of pyridine rings is 1. The molecular formula is C17H19N3O3. The molecule has 1 aliphatic rings. The predicted octanol–water partition coefficient (Wildman–Crippen LogP) is 1.21. The van der Waals surface area contributed by atoms with E-state index in [4.69, 9.17) is 4.74 Å². The zero-order chi connectivity index (χ0) is 16.1. The number of hydrogen-bond acceptors (Lipinski definition) is 4. The summed E-state index contributed by atoms with van der Waals surface area (Å²) >= 11 is 0. The maximum Gasteiger partial charge on any atom is 0.272 e. The number of carbonyl (C=O) groups excluding carboxylic acids is 2. The van der Waals surface area contributed by atoms with Crippen LogP contribution in [0.2, 0.25) is 0 Å². The van der Waals surface area contributed by atoms with Crippen molar-refractivity contribution in [2.75, 3.05) is 32.8 Å². The molecule has 0 atom stereocenters. The number of nitrogens with one attached hydrogen (secondary N) is 1. The molecule has 2 heterocycles. The number of rotatable bonds is 1. The highest BCUT2D eigenvalue weighted by molar-refractivity contribution is 5.95. The van der Waals surface area contributed by atoms with Gasteiger partial charge in [0.15, 0.2) is 0 Å². The van der Waals surface area contributed by atoms with E-state index in [1.54, 1.807) is 11.0 Å². The van der Waals surface area contributed by atoms with E-state index >= 15 is 0 Å². The Hall–Kier alpha value is -2.47. The van der Waals surface area contributed by atoms with E-state index in [2.05, 4.69) is 10.3 Å². The first-order valence-electron chi connectivity index (χ1n) is 7.73. The summed E-state index contributed by atoms with van der Waals surface area (Å²) in [6.45, 7) is 2.25. The van der Waals surface area contributed by atoms with E-state index in [0.717, 1.165) is 10.9 Å². The molecule has 1 saturated heterocycles. The van der Waals surface area contributed by atoms with Crippen LogP contribution in [-0.4, -0.2) is 54.5 Å². The van der Waals surface area contributed by atoms with Crippen LogP contribution in [0.3, 0.4) is 0 Å². The van der Waals surface area contributed by atoms with Crippen LogP contribution in [-0.2, 0) is 9.53 Å². The molecule has 2 aromatic rings. The Kier molecular flexibility index (Phi) is 4.83. The van der Waals surface area contributed by atoms with Gasteiger partial charge in [0, 0.05) is 31.4 Å². The van der Waals surface area contributed by atoms with Crippen LogP contribution >= 0.6 is 0 Å². The fourth-order valence-electron chi connectivity index (χ4n) is 2.53. The standard InChI is InChI=1S/C17H19N3O3/c21-16-7-9-20(10-12-23-11-8-18-16)17(22)15-6-5-13-3-1-2-4-14(13)19-15/h1-6H,7-12H2,(H,18,21). The van der Waals surface area contributed by atoms with Crippen molar-refractivity contribution < 1.29 is 14.3 Å². The maximum absolute atomic E-state index is 12.7. The molecule has 0 saturated carbocycles. The lowest BCUT2D eigenvalue weighted by molar-refractivity contribution is -0.121. The summed E-state index contributed by atoms with van der Waals surface area (Å²) in [4.78, 5) is 30.4. The van der Waals surface area contributed by atoms with Gasteiger partial charge in [-0.2, -0.15) is 0 Å². The molecule has 0 bridgehead atoms. The molecule has 1 aliphatic heterocycles. The number of carbonyl (C=O) groups is 2. The molecule has 1 aromatic carbocycles. The zero-order valence-electron chi connectivity index (χ0n) is 12.8. The van der Waals surface area contributed by atoms with Crippen LogP contribution in [0.15, 0.2) is 36.4 Å². The quantitative estimate of drug-likeness (QED) is 0.859. The van der Waals surface area contributed by atoms with E-state index in [9.17, 15) is 9.59 Å². The summed E-state index contributed by atoms with van der Waals surface area (Å²) in [6.07, 6.45) is 0.291. The van der Waals surface area contributed by atoms with Crippen LogP contribution in [0.1, 0.15) is 16.9 Å². The Balaban J connectivity index is 1.78. The average Bonchev–Trinajstić information content (AvgIpc) is 2.59. The number of para-hydroxylation sites is 1. The molecule has 1 N–H and O–H groups in total. The number of ether oxygens (including phenoxy) is 1. The first-order valence-corrected chi connectivity index (χ1v) is 7.73. The lowest BCUT2D eigenvalue weighted by Crippen LogP contribution is -2.40. The summed E-state index contributed by atoms with van der Waals surface area (Å²) in [5, 5.41) is 3.75. The van der Waals surface area contributed by atoms with Crippen molar-refractivity contribution in [3.8, 4) is 0 Å². The van der Waals surface area contributed by atoms with E-state index in [1.807, 2.05) is 30.3 Å². The van der Waals surface area contributed by atoms with Gasteiger partial charge in [0.1, 0.15) is 5.69 Å². The summed E-state index contributed by atoms with van der Waals surface area (Å²) in [5.41, 5.74) is 1.18. The van der Waals surface area contributed by atoms with E-state index < -0.39 is 0 Å². The third-order valence-electron chi connectivity index (χ3n) is 3.79. The van der Waals surface area contributed by atoms with Crippen LogP contribution in [0.5, 0.6) is 0 Å². The molecule has 6 heteroatoms. The summed E-state index contributed by atoms with van der Waals surface area (Å²) < 4.78 is 5.42. The molecule has 0 spiro atoms. The monoisotopic (exact) mass is 313 g/mol. The normalized spacial score (nSPS) is 16.9. The number of hydrogen-bond donors (Lipinski definition) is 1. The Morgan fingerprint density at radius 2 is 2.00 bits per heavy atom. The number of aromatic nitrogens is 1. The molecule has 1 fully saturated rings. The third kappa shape index (κ3) is 3.84. The lowest BCUT2D eigenvalue weighted by atomic mass is 10.2. The third-order valence-corrected chi connectivity index (χ3v) is 3.79. The largest absolute Gasteiger partial charge is 0.378 e. The number of amides is 2. The van der Waals surface area contributed by atoms with Crippen LogP contribution in [0.4, 0.5) is 0 Å². The van der Waals surface area contributed by atoms with Crippen molar-refractivity contribution in [2.24, 2.45) is 0 Å². The Morgan fingerprint density at radius 1 is 1.13 bits per heavy atom. The molecular weight excluding hydrogens is 294 g/mol. The van der Waals surface area contributed by atoms with Crippen LogP contribution < -0.4 is 5.32 Å². The molecule has 1 aromatic heterocycles. The highest BCUT2D eigenvalue weighted by Gasteiger charge is 2.19. The fraction of sp³-hybridized carbons (Fsp3) is 0.353. The zero-order valence-corrected chi connectivity index (χ0v) is 12.8. The first kappa shape index (κ1) is 15.4. The SMILES string of the molecule is O=C1CCN(C(=O)c2ccc3ccccc3n2)CCOCCN1. The first-order chi connectivity index (χ1) is 11.2. The molecule has 120 valence electrons. The van der Waals surface area contributed by atoms with Crippen molar-refractivity contribution in [3.63, 3.8) is 0 Å². The summed E-state index contributed by atoms with van der Waals surface area (Å²) in [5.74, 6) is -0.243. The lowest BCUT2D eigenvalue weighted by Gasteiger charge is -2.23. The fourth-order valence-corrected chi connectivity index (χ4v) is 2.53. The maximum atomic E-state index is 12.7. The second-order valence-corrected chi connectivity index (χ2v) is 5.39. The highest BCUT2D eigenvalue weighted by Crippen LogP contribution is 2.13. The van der Waals surface area contributed by atoms with E-state index in [1.165, 1.54) is 0 Å².